The third-order valence-corrected chi connectivity index (χ3v) is 4.96. The van der Waals surface area contributed by atoms with Gasteiger partial charge in [-0.3, -0.25) is 4.79 Å². The van der Waals surface area contributed by atoms with Crippen molar-refractivity contribution in [2.24, 2.45) is 11.7 Å². The number of ether oxygens (including phenoxy) is 2. The minimum absolute atomic E-state index is 0. The first-order chi connectivity index (χ1) is 12.6. The number of likely N-dealkylation sites (tertiary alicyclic amines) is 1. The summed E-state index contributed by atoms with van der Waals surface area (Å²) in [5, 5.41) is 0. The fraction of sp³-hybridized carbons (Fsp3) is 0.350. The fourth-order valence-corrected chi connectivity index (χ4v) is 3.54. The molecule has 7 heteroatoms. The molecule has 1 heterocycles. The van der Waals surface area contributed by atoms with Gasteiger partial charge in [0.05, 0.1) is 19.8 Å². The van der Waals surface area contributed by atoms with Gasteiger partial charge in [0, 0.05) is 25.1 Å². The van der Waals surface area contributed by atoms with Crippen LogP contribution in [0.2, 0.25) is 0 Å². The van der Waals surface area contributed by atoms with Crippen molar-refractivity contribution in [3.05, 3.63) is 59.4 Å². The topological polar surface area (TPSA) is 64.8 Å². The van der Waals surface area contributed by atoms with Crippen LogP contribution < -0.4 is 15.2 Å². The highest BCUT2D eigenvalue weighted by atomic mass is 35.5. The number of nitrogens with two attached hydrogens (primary N) is 1. The Morgan fingerprint density at radius 1 is 1.15 bits per heavy atom. The van der Waals surface area contributed by atoms with Crippen LogP contribution in [0, 0.1) is 11.7 Å². The Morgan fingerprint density at radius 2 is 1.78 bits per heavy atom. The largest absolute Gasteiger partial charge is 0.493 e. The number of rotatable bonds is 5. The second kappa shape index (κ2) is 9.06. The lowest BCUT2D eigenvalue weighted by Gasteiger charge is -2.18. The molecule has 27 heavy (non-hydrogen) atoms. The summed E-state index contributed by atoms with van der Waals surface area (Å²) in [4.78, 5) is 14.6. The summed E-state index contributed by atoms with van der Waals surface area (Å²) in [6.45, 7) is 1.49. The van der Waals surface area contributed by atoms with E-state index < -0.39 is 5.82 Å². The molecule has 2 N–H and O–H groups in total. The zero-order valence-electron chi connectivity index (χ0n) is 15.4. The van der Waals surface area contributed by atoms with E-state index in [-0.39, 0.29) is 41.5 Å². The summed E-state index contributed by atoms with van der Waals surface area (Å²) in [6.07, 6.45) is 0. The lowest BCUT2D eigenvalue weighted by atomic mass is 9.89. The quantitative estimate of drug-likeness (QED) is 0.846. The summed E-state index contributed by atoms with van der Waals surface area (Å²) in [5.41, 5.74) is 7.05. The van der Waals surface area contributed by atoms with Crippen LogP contribution in [0.15, 0.2) is 42.5 Å². The van der Waals surface area contributed by atoms with Gasteiger partial charge in [-0.1, -0.05) is 30.3 Å². The Kier molecular flexibility index (Phi) is 7.05. The molecule has 5 nitrogen and oxygen atoms in total. The Labute approximate surface area is 164 Å². The molecule has 1 amide bonds. The first-order valence-corrected chi connectivity index (χ1v) is 8.54. The maximum absolute atomic E-state index is 14.4. The summed E-state index contributed by atoms with van der Waals surface area (Å²) in [7, 11) is 2.88. The van der Waals surface area contributed by atoms with Gasteiger partial charge >= 0.3 is 0 Å². The van der Waals surface area contributed by atoms with Gasteiger partial charge in [-0.25, -0.2) is 4.39 Å². The first kappa shape index (κ1) is 21.0. The molecule has 0 aromatic heterocycles. The highest BCUT2D eigenvalue weighted by Crippen LogP contribution is 2.35. The number of carbonyl (C=O) groups excluding carboxylic acids is 1. The molecule has 1 aliphatic heterocycles. The maximum Gasteiger partial charge on any atom is 0.257 e. The predicted molar refractivity (Wildman–Crippen MR) is 104 cm³/mol. The number of benzene rings is 2. The van der Waals surface area contributed by atoms with Crippen molar-refractivity contribution in [2.75, 3.05) is 33.9 Å². The van der Waals surface area contributed by atoms with Crippen molar-refractivity contribution in [2.45, 2.75) is 5.92 Å². The summed E-state index contributed by atoms with van der Waals surface area (Å²) < 4.78 is 24.7. The standard InChI is InChI=1S/C20H23FN2O3.ClH/c1-25-18-8-15(17(21)9-19(18)26-2)20(24)23-11-14(10-22)16(12-23)13-6-4-3-5-7-13;/h3-9,14,16H,10-12,22H2,1-2H3;1H/t14-,16+;/m1./s1. The molecule has 3 rings (SSSR count). The number of halogens is 2. The van der Waals surface area contributed by atoms with E-state index in [1.807, 2.05) is 30.3 Å². The van der Waals surface area contributed by atoms with Crippen LogP contribution >= 0.6 is 12.4 Å². The van der Waals surface area contributed by atoms with Gasteiger partial charge in [-0.15, -0.1) is 12.4 Å². The molecular weight excluding hydrogens is 371 g/mol. The Bertz CT molecular complexity index is 788. The third kappa shape index (κ3) is 4.17. The summed E-state index contributed by atoms with van der Waals surface area (Å²) >= 11 is 0. The van der Waals surface area contributed by atoms with E-state index in [9.17, 15) is 9.18 Å². The minimum Gasteiger partial charge on any atom is -0.493 e. The van der Waals surface area contributed by atoms with Gasteiger partial charge in [0.25, 0.3) is 5.91 Å². The van der Waals surface area contributed by atoms with Gasteiger partial charge in [-0.05, 0) is 24.1 Å². The Balaban J connectivity index is 0.00000261. The zero-order valence-corrected chi connectivity index (χ0v) is 16.2. The molecule has 0 bridgehead atoms. The van der Waals surface area contributed by atoms with Crippen LogP contribution in [0.1, 0.15) is 21.8 Å². The average molecular weight is 395 g/mol. The second-order valence-electron chi connectivity index (χ2n) is 6.41. The van der Waals surface area contributed by atoms with Crippen LogP contribution in [-0.4, -0.2) is 44.7 Å². The van der Waals surface area contributed by atoms with E-state index in [1.54, 1.807) is 4.90 Å². The van der Waals surface area contributed by atoms with Crippen LogP contribution in [-0.2, 0) is 0 Å². The van der Waals surface area contributed by atoms with E-state index in [1.165, 1.54) is 26.4 Å². The van der Waals surface area contributed by atoms with Gasteiger partial charge < -0.3 is 20.1 Å². The summed E-state index contributed by atoms with van der Waals surface area (Å²) in [6, 6.07) is 12.6. The number of nitrogens with zero attached hydrogens (tertiary/aromatic N) is 1. The number of amides is 1. The maximum atomic E-state index is 14.4. The molecule has 1 saturated heterocycles. The van der Waals surface area contributed by atoms with Gasteiger partial charge in [-0.2, -0.15) is 0 Å². The molecule has 2 atom stereocenters. The molecule has 2 aromatic rings. The van der Waals surface area contributed by atoms with Crippen molar-refractivity contribution in [3.63, 3.8) is 0 Å². The van der Waals surface area contributed by atoms with Crippen molar-refractivity contribution in [1.29, 1.82) is 0 Å². The molecule has 0 radical (unpaired) electrons. The molecule has 1 fully saturated rings. The second-order valence-corrected chi connectivity index (χ2v) is 6.41. The monoisotopic (exact) mass is 394 g/mol. The van der Waals surface area contributed by atoms with Gasteiger partial charge in [0.1, 0.15) is 5.82 Å². The van der Waals surface area contributed by atoms with Gasteiger partial charge in [0.15, 0.2) is 11.5 Å². The zero-order chi connectivity index (χ0) is 18.7. The lowest BCUT2D eigenvalue weighted by Crippen LogP contribution is -2.30. The Hall–Kier alpha value is -2.31. The molecule has 2 aromatic carbocycles. The Morgan fingerprint density at radius 3 is 2.37 bits per heavy atom. The van der Waals surface area contributed by atoms with Crippen molar-refractivity contribution in [3.8, 4) is 11.5 Å². The molecule has 146 valence electrons. The van der Waals surface area contributed by atoms with Gasteiger partial charge in [0.2, 0.25) is 0 Å². The molecule has 1 aliphatic rings. The van der Waals surface area contributed by atoms with Crippen LogP contribution in [0.3, 0.4) is 0 Å². The van der Waals surface area contributed by atoms with E-state index >= 15 is 0 Å². The van der Waals surface area contributed by atoms with Crippen molar-refractivity contribution >= 4 is 18.3 Å². The smallest absolute Gasteiger partial charge is 0.257 e. The molecule has 0 unspecified atom stereocenters. The minimum atomic E-state index is -0.625. The third-order valence-electron chi connectivity index (χ3n) is 4.96. The van der Waals surface area contributed by atoms with Crippen molar-refractivity contribution < 1.29 is 18.7 Å². The van der Waals surface area contributed by atoms with E-state index in [0.29, 0.717) is 25.4 Å². The number of hydrogen-bond acceptors (Lipinski definition) is 4. The molecule has 0 aliphatic carbocycles. The lowest BCUT2D eigenvalue weighted by molar-refractivity contribution is 0.0781. The number of methoxy groups -OCH3 is 2. The SMILES string of the molecule is COc1cc(F)c(C(=O)N2C[C@@H](CN)[C@H](c3ccccc3)C2)cc1OC.Cl. The molecule has 0 spiro atoms. The molecule has 0 saturated carbocycles. The molecular formula is C20H24ClFN2O3. The number of carbonyl (C=O) groups is 1. The number of hydrogen-bond donors (Lipinski definition) is 1. The van der Waals surface area contributed by atoms with Crippen LogP contribution in [0.5, 0.6) is 11.5 Å². The van der Waals surface area contributed by atoms with E-state index in [2.05, 4.69) is 0 Å². The summed E-state index contributed by atoms with van der Waals surface area (Å²) in [5.74, 6) is -0.116. The average Bonchev–Trinajstić information content (AvgIpc) is 3.12. The first-order valence-electron chi connectivity index (χ1n) is 8.54. The van der Waals surface area contributed by atoms with Crippen molar-refractivity contribution in [1.82, 2.24) is 4.90 Å². The highest BCUT2D eigenvalue weighted by Gasteiger charge is 2.36. The normalized spacial score (nSPS) is 18.7. The van der Waals surface area contributed by atoms with E-state index in [0.717, 1.165) is 5.56 Å². The fourth-order valence-electron chi connectivity index (χ4n) is 3.54. The van der Waals surface area contributed by atoms with Crippen LogP contribution in [0.4, 0.5) is 4.39 Å². The predicted octanol–water partition coefficient (Wildman–Crippen LogP) is 3.08. The van der Waals surface area contributed by atoms with Crippen LogP contribution in [0.25, 0.3) is 0 Å². The van der Waals surface area contributed by atoms with E-state index in [4.69, 9.17) is 15.2 Å². The highest BCUT2D eigenvalue weighted by molar-refractivity contribution is 5.95.